The van der Waals surface area contributed by atoms with Crippen LogP contribution in [0, 0.1) is 0 Å². The molecule has 0 atom stereocenters. The number of halogens is 3. The molecule has 0 unspecified atom stereocenters. The first-order valence-corrected chi connectivity index (χ1v) is 12.4. The van der Waals surface area contributed by atoms with E-state index in [4.69, 9.17) is 0 Å². The third kappa shape index (κ3) is 4.41. The molecule has 0 aliphatic carbocycles. The number of ether oxygens (including phenoxy) is 2. The van der Waals surface area contributed by atoms with Crippen molar-refractivity contribution in [2.24, 2.45) is 4.99 Å². The highest BCUT2D eigenvalue weighted by Crippen LogP contribution is 2.43. The maximum atomic E-state index is 13.4. The molecular formula is C22H20F3N3O6S. The molecule has 2 aromatic rings. The smallest absolute Gasteiger partial charge is 0.395 e. The molecule has 186 valence electrons. The molecule has 3 aliphatic rings. The van der Waals surface area contributed by atoms with Gasteiger partial charge in [-0.3, -0.25) is 14.7 Å². The van der Waals surface area contributed by atoms with E-state index in [0.29, 0.717) is 11.1 Å². The van der Waals surface area contributed by atoms with E-state index >= 15 is 0 Å². The molecule has 1 fully saturated rings. The van der Waals surface area contributed by atoms with Gasteiger partial charge in [0.25, 0.3) is 5.91 Å². The van der Waals surface area contributed by atoms with Gasteiger partial charge in [-0.25, -0.2) is 12.7 Å². The van der Waals surface area contributed by atoms with E-state index in [1.807, 2.05) is 0 Å². The van der Waals surface area contributed by atoms with E-state index in [9.17, 15) is 26.5 Å². The number of carbonyl (C=O) groups is 1. The van der Waals surface area contributed by atoms with Crippen molar-refractivity contribution >= 4 is 21.8 Å². The van der Waals surface area contributed by atoms with Crippen LogP contribution in [-0.2, 0) is 21.2 Å². The molecular weight excluding hydrogens is 491 g/mol. The fourth-order valence-electron chi connectivity index (χ4n) is 4.41. The van der Waals surface area contributed by atoms with Crippen LogP contribution < -0.4 is 19.7 Å². The maximum absolute atomic E-state index is 13.4. The van der Waals surface area contributed by atoms with Crippen molar-refractivity contribution in [3.63, 3.8) is 0 Å². The van der Waals surface area contributed by atoms with E-state index in [-0.39, 0.29) is 67.1 Å². The number of alkyl halides is 2. The molecule has 1 spiro atoms. The summed E-state index contributed by atoms with van der Waals surface area (Å²) >= 11 is 0. The normalized spacial score (nSPS) is 20.5. The average molecular weight is 511 g/mol. The van der Waals surface area contributed by atoms with Gasteiger partial charge in [0.1, 0.15) is 11.4 Å². The molecule has 3 aliphatic heterocycles. The highest BCUT2D eigenvalue weighted by molar-refractivity contribution is 7.89. The lowest BCUT2D eigenvalue weighted by molar-refractivity contribution is -0.286. The van der Waals surface area contributed by atoms with Crippen molar-refractivity contribution in [1.29, 1.82) is 0 Å². The zero-order valence-corrected chi connectivity index (χ0v) is 19.0. The van der Waals surface area contributed by atoms with E-state index in [0.717, 1.165) is 0 Å². The number of benzene rings is 2. The highest BCUT2D eigenvalue weighted by Gasteiger charge is 2.48. The first kappa shape index (κ1) is 23.4. The second-order valence-corrected chi connectivity index (χ2v) is 10.5. The molecule has 1 saturated heterocycles. The lowest BCUT2D eigenvalue weighted by Crippen LogP contribution is -2.50. The van der Waals surface area contributed by atoms with Gasteiger partial charge >= 0.3 is 6.29 Å². The molecule has 9 nitrogen and oxygen atoms in total. The number of nitrogens with zero attached hydrogens (tertiary/aromatic N) is 2. The Hall–Kier alpha value is -3.32. The number of carbonyl (C=O) groups excluding carboxylic acids is 1. The van der Waals surface area contributed by atoms with Gasteiger partial charge in [0.2, 0.25) is 10.0 Å². The molecule has 1 N–H and O–H groups in total. The van der Waals surface area contributed by atoms with Crippen molar-refractivity contribution in [3.05, 3.63) is 53.6 Å². The predicted octanol–water partition coefficient (Wildman–Crippen LogP) is 2.55. The minimum absolute atomic E-state index is 0.0361. The fourth-order valence-corrected chi connectivity index (χ4v) is 5.88. The standard InChI is InChI=1S/C22H20F3N3O6S/c23-22(24)32-17-6-2-3-14(18(17)33-22)7-12-35(30,31)28-10-8-21(9-11-28)20(29)26-19(27-21)15-4-1-5-16(13-15)34-25/h1-6,13H,7-12H2,(H,26,27,29). The number of sulfonamides is 1. The maximum Gasteiger partial charge on any atom is 0.586 e. The quantitative estimate of drug-likeness (QED) is 0.639. The van der Waals surface area contributed by atoms with Crippen LogP contribution in [0.15, 0.2) is 47.5 Å². The van der Waals surface area contributed by atoms with Gasteiger partial charge in [0, 0.05) is 23.2 Å². The number of nitrogens with one attached hydrogen (secondary N) is 1. The minimum atomic E-state index is -3.79. The second-order valence-electron chi connectivity index (χ2n) is 8.43. The van der Waals surface area contributed by atoms with Crippen LogP contribution in [0.4, 0.5) is 13.3 Å². The molecule has 0 aromatic heterocycles. The van der Waals surface area contributed by atoms with Crippen LogP contribution in [-0.4, -0.2) is 55.1 Å². The van der Waals surface area contributed by atoms with Crippen LogP contribution in [0.1, 0.15) is 24.0 Å². The largest absolute Gasteiger partial charge is 0.586 e. The molecule has 13 heteroatoms. The number of aliphatic imine (C=N–C) groups is 1. The zero-order valence-electron chi connectivity index (χ0n) is 18.2. The summed E-state index contributed by atoms with van der Waals surface area (Å²) in [6.45, 7) is 0.121. The van der Waals surface area contributed by atoms with Gasteiger partial charge in [0.15, 0.2) is 17.2 Å². The van der Waals surface area contributed by atoms with Gasteiger partial charge in [-0.2, -0.15) is 0 Å². The summed E-state index contributed by atoms with van der Waals surface area (Å²) in [4.78, 5) is 21.0. The number of hydrogen-bond acceptors (Lipinski definition) is 7. The Kier molecular flexibility index (Phi) is 5.63. The summed E-state index contributed by atoms with van der Waals surface area (Å²) in [6, 6.07) is 10.3. The van der Waals surface area contributed by atoms with Gasteiger partial charge < -0.3 is 14.8 Å². The molecule has 35 heavy (non-hydrogen) atoms. The predicted molar refractivity (Wildman–Crippen MR) is 117 cm³/mol. The summed E-state index contributed by atoms with van der Waals surface area (Å²) in [5.41, 5.74) is -0.362. The molecule has 1 amide bonds. The number of rotatable bonds is 6. The van der Waals surface area contributed by atoms with Crippen LogP contribution in [0.3, 0.4) is 0 Å². The summed E-state index contributed by atoms with van der Waals surface area (Å²) in [6.07, 6.45) is -3.53. The van der Waals surface area contributed by atoms with Crippen molar-refractivity contribution in [1.82, 2.24) is 9.62 Å². The topological polar surface area (TPSA) is 107 Å². The molecule has 2 aromatic carbocycles. The molecule has 3 heterocycles. The number of para-hydroxylation sites is 1. The number of amides is 1. The first-order chi connectivity index (χ1) is 16.6. The van der Waals surface area contributed by atoms with E-state index in [1.54, 1.807) is 12.1 Å². The van der Waals surface area contributed by atoms with Gasteiger partial charge in [-0.05, 0) is 43.0 Å². The molecule has 0 radical (unpaired) electrons. The monoisotopic (exact) mass is 511 g/mol. The Morgan fingerprint density at radius 1 is 1.11 bits per heavy atom. The SMILES string of the molecule is O=C1NC(c2cccc(OF)c2)=NC12CCN(S(=O)(=O)CCc1cccc3c1OC(F)(F)O3)CC2. The highest BCUT2D eigenvalue weighted by atomic mass is 32.2. The van der Waals surface area contributed by atoms with Crippen LogP contribution in [0.25, 0.3) is 0 Å². The van der Waals surface area contributed by atoms with Crippen LogP contribution in [0.2, 0.25) is 0 Å². The first-order valence-electron chi connectivity index (χ1n) is 10.8. The lowest BCUT2D eigenvalue weighted by atomic mass is 9.89. The average Bonchev–Trinajstić information content (AvgIpc) is 3.33. The van der Waals surface area contributed by atoms with Gasteiger partial charge in [-0.1, -0.05) is 24.3 Å². The molecule has 5 rings (SSSR count). The van der Waals surface area contributed by atoms with Gasteiger partial charge in [-0.15, -0.1) is 8.78 Å². The van der Waals surface area contributed by atoms with Crippen LogP contribution >= 0.6 is 0 Å². The second kappa shape index (κ2) is 8.41. The molecule has 0 saturated carbocycles. The Morgan fingerprint density at radius 2 is 1.86 bits per heavy atom. The summed E-state index contributed by atoms with van der Waals surface area (Å²) < 4.78 is 75.4. The lowest BCUT2D eigenvalue weighted by Gasteiger charge is -2.34. The Labute approximate surface area is 198 Å². The Morgan fingerprint density at radius 3 is 2.60 bits per heavy atom. The minimum Gasteiger partial charge on any atom is -0.395 e. The third-order valence-electron chi connectivity index (χ3n) is 6.26. The fraction of sp³-hybridized carbons (Fsp3) is 0.364. The van der Waals surface area contributed by atoms with Crippen molar-refractivity contribution in [3.8, 4) is 17.2 Å². The Bertz CT molecular complexity index is 1310. The number of fused-ring (bicyclic) bond motifs is 1. The number of aryl methyl sites for hydroxylation is 1. The number of hydrogen-bond donors (Lipinski definition) is 1. The third-order valence-corrected chi connectivity index (χ3v) is 8.13. The summed E-state index contributed by atoms with van der Waals surface area (Å²) in [5, 5.41) is 2.69. The van der Waals surface area contributed by atoms with Crippen molar-refractivity contribution in [2.75, 3.05) is 18.8 Å². The number of piperidine rings is 1. The van der Waals surface area contributed by atoms with Crippen molar-refractivity contribution in [2.45, 2.75) is 31.1 Å². The summed E-state index contributed by atoms with van der Waals surface area (Å²) in [7, 11) is -3.76. The number of amidine groups is 1. The summed E-state index contributed by atoms with van der Waals surface area (Å²) in [5.74, 6) is -0.768. The van der Waals surface area contributed by atoms with Gasteiger partial charge in [0.05, 0.1) is 5.75 Å². The molecule has 0 bridgehead atoms. The zero-order chi connectivity index (χ0) is 24.8. The van der Waals surface area contributed by atoms with E-state index < -0.39 is 21.9 Å². The van der Waals surface area contributed by atoms with Crippen molar-refractivity contribution < 1.29 is 40.9 Å². The Balaban J connectivity index is 1.25. The van der Waals surface area contributed by atoms with E-state index in [2.05, 4.69) is 24.7 Å². The van der Waals surface area contributed by atoms with E-state index in [1.165, 1.54) is 34.6 Å². The van der Waals surface area contributed by atoms with Crippen LogP contribution in [0.5, 0.6) is 17.2 Å².